The highest BCUT2D eigenvalue weighted by Crippen LogP contribution is 2.36. The van der Waals surface area contributed by atoms with Crippen molar-refractivity contribution in [3.8, 4) is 16.9 Å². The van der Waals surface area contributed by atoms with Crippen LogP contribution in [-0.2, 0) is 15.7 Å². The van der Waals surface area contributed by atoms with Crippen molar-refractivity contribution in [1.29, 1.82) is 0 Å². The lowest BCUT2D eigenvalue weighted by Crippen LogP contribution is -2.26. The van der Waals surface area contributed by atoms with Gasteiger partial charge in [0.2, 0.25) is 0 Å². The molecule has 8 heteroatoms. The van der Waals surface area contributed by atoms with Gasteiger partial charge in [0.25, 0.3) is 5.91 Å². The van der Waals surface area contributed by atoms with Crippen LogP contribution in [0.2, 0.25) is 0 Å². The van der Waals surface area contributed by atoms with Crippen LogP contribution in [0, 0.1) is 19.8 Å². The first kappa shape index (κ1) is 29.7. The lowest BCUT2D eigenvalue weighted by molar-refractivity contribution is -0.140. The summed E-state index contributed by atoms with van der Waals surface area (Å²) in [6, 6.07) is 16.1. The zero-order valence-electron chi connectivity index (χ0n) is 22.8. The molecule has 1 amide bonds. The molecule has 208 valence electrons. The van der Waals surface area contributed by atoms with E-state index in [-0.39, 0.29) is 25.0 Å². The topological polar surface area (TPSA) is 64.6 Å². The number of hydrogen-bond acceptors (Lipinski definition) is 4. The molecule has 3 aromatic carbocycles. The number of carbonyl (C=O) groups excluding carboxylic acids is 2. The Morgan fingerprint density at radius 1 is 0.923 bits per heavy atom. The Morgan fingerprint density at radius 2 is 1.51 bits per heavy atom. The zero-order valence-corrected chi connectivity index (χ0v) is 22.8. The average molecular weight is 542 g/mol. The van der Waals surface area contributed by atoms with Crippen LogP contribution in [0.1, 0.15) is 65.4 Å². The number of esters is 1. The van der Waals surface area contributed by atoms with Crippen molar-refractivity contribution in [2.24, 2.45) is 5.92 Å². The average Bonchev–Trinajstić information content (AvgIpc) is 2.87. The third kappa shape index (κ3) is 8.09. The highest BCUT2D eigenvalue weighted by molar-refractivity contribution is 5.94. The van der Waals surface area contributed by atoms with E-state index in [4.69, 9.17) is 4.74 Å². The Labute approximate surface area is 227 Å². The van der Waals surface area contributed by atoms with Gasteiger partial charge in [0.15, 0.2) is 0 Å². The van der Waals surface area contributed by atoms with E-state index < -0.39 is 17.7 Å². The van der Waals surface area contributed by atoms with Gasteiger partial charge in [0.05, 0.1) is 19.1 Å². The van der Waals surface area contributed by atoms with E-state index in [0.29, 0.717) is 17.2 Å². The van der Waals surface area contributed by atoms with Crippen LogP contribution in [0.5, 0.6) is 5.75 Å². The van der Waals surface area contributed by atoms with Crippen LogP contribution in [-0.4, -0.2) is 25.5 Å². The van der Waals surface area contributed by atoms with E-state index in [0.717, 1.165) is 46.4 Å². The van der Waals surface area contributed by atoms with E-state index in [1.165, 1.54) is 19.2 Å². The third-order valence-corrected chi connectivity index (χ3v) is 6.35. The molecule has 0 aliphatic heterocycles. The molecule has 0 saturated heterocycles. The Balaban J connectivity index is 1.79. The molecule has 5 nitrogen and oxygen atoms in total. The minimum Gasteiger partial charge on any atom is -0.486 e. The molecule has 3 rings (SSSR count). The fourth-order valence-corrected chi connectivity index (χ4v) is 4.48. The first-order chi connectivity index (χ1) is 18.4. The maximum Gasteiger partial charge on any atom is 0.416 e. The van der Waals surface area contributed by atoms with Crippen molar-refractivity contribution in [3.63, 3.8) is 0 Å². The number of benzene rings is 3. The first-order valence-corrected chi connectivity index (χ1v) is 12.8. The van der Waals surface area contributed by atoms with Gasteiger partial charge in [0.1, 0.15) is 11.9 Å². The summed E-state index contributed by atoms with van der Waals surface area (Å²) < 4.78 is 50.0. The lowest BCUT2D eigenvalue weighted by Gasteiger charge is -2.24. The molecule has 0 fully saturated rings. The summed E-state index contributed by atoms with van der Waals surface area (Å²) in [4.78, 5) is 23.6. The number of rotatable bonds is 10. The van der Waals surface area contributed by atoms with E-state index in [2.05, 4.69) is 23.9 Å². The second kappa shape index (κ2) is 12.8. The van der Waals surface area contributed by atoms with Crippen LogP contribution in [0.3, 0.4) is 0 Å². The molecule has 0 heterocycles. The van der Waals surface area contributed by atoms with E-state index in [1.54, 1.807) is 24.3 Å². The summed E-state index contributed by atoms with van der Waals surface area (Å²) >= 11 is 0. The fraction of sp³-hybridized carbons (Fsp3) is 0.355. The standard InChI is InChI=1S/C31H34F3NO4/c1-19(2)16-27(39-26-12-8-23(9-13-26)30(37)35-15-14-28(36)38-5)24-17-20(3)29(21(4)18-24)22-6-10-25(11-7-22)31(32,33)34/h6-13,17-19,27H,14-16H2,1-5H3,(H,35,37). The molecule has 1 atom stereocenters. The molecule has 0 aliphatic carbocycles. The van der Waals surface area contributed by atoms with Crippen LogP contribution in [0.15, 0.2) is 60.7 Å². The number of halogens is 3. The van der Waals surface area contributed by atoms with Gasteiger partial charge in [-0.15, -0.1) is 0 Å². The molecule has 39 heavy (non-hydrogen) atoms. The number of methoxy groups -OCH3 is 1. The fourth-order valence-electron chi connectivity index (χ4n) is 4.48. The van der Waals surface area contributed by atoms with Crippen molar-refractivity contribution in [2.75, 3.05) is 13.7 Å². The minimum atomic E-state index is -4.37. The molecule has 0 spiro atoms. The molecule has 0 bridgehead atoms. The van der Waals surface area contributed by atoms with Gasteiger partial charge >= 0.3 is 12.1 Å². The Morgan fingerprint density at radius 3 is 2.03 bits per heavy atom. The molecule has 0 aliphatic rings. The summed E-state index contributed by atoms with van der Waals surface area (Å²) in [5.41, 5.74) is 4.26. The van der Waals surface area contributed by atoms with Crippen molar-refractivity contribution >= 4 is 11.9 Å². The normalized spacial score (nSPS) is 12.2. The summed E-state index contributed by atoms with van der Waals surface area (Å²) in [5.74, 6) is 0.251. The lowest BCUT2D eigenvalue weighted by atomic mass is 9.90. The molecular formula is C31H34F3NO4. The van der Waals surface area contributed by atoms with Gasteiger partial charge in [-0.05, 0) is 90.4 Å². The number of amides is 1. The number of alkyl halides is 3. The molecular weight excluding hydrogens is 507 g/mol. The van der Waals surface area contributed by atoms with Crippen LogP contribution < -0.4 is 10.1 Å². The van der Waals surface area contributed by atoms with Crippen molar-refractivity contribution < 1.29 is 32.2 Å². The molecule has 0 radical (unpaired) electrons. The van der Waals surface area contributed by atoms with E-state index in [1.807, 2.05) is 26.0 Å². The van der Waals surface area contributed by atoms with Crippen LogP contribution in [0.4, 0.5) is 13.2 Å². The monoisotopic (exact) mass is 541 g/mol. The second-order valence-electron chi connectivity index (χ2n) is 9.95. The summed E-state index contributed by atoms with van der Waals surface area (Å²) in [5, 5.41) is 2.68. The predicted octanol–water partition coefficient (Wildman–Crippen LogP) is 7.45. The highest BCUT2D eigenvalue weighted by atomic mass is 19.4. The minimum absolute atomic E-state index is 0.0941. The zero-order chi connectivity index (χ0) is 28.7. The van der Waals surface area contributed by atoms with Gasteiger partial charge in [-0.3, -0.25) is 9.59 Å². The van der Waals surface area contributed by atoms with Gasteiger partial charge in [-0.25, -0.2) is 0 Å². The van der Waals surface area contributed by atoms with Crippen molar-refractivity contribution in [2.45, 2.75) is 52.8 Å². The number of hydrogen-bond donors (Lipinski definition) is 1. The smallest absolute Gasteiger partial charge is 0.416 e. The largest absolute Gasteiger partial charge is 0.486 e. The second-order valence-corrected chi connectivity index (χ2v) is 9.95. The maximum atomic E-state index is 13.0. The number of aryl methyl sites for hydroxylation is 2. The van der Waals surface area contributed by atoms with Crippen molar-refractivity contribution in [1.82, 2.24) is 5.32 Å². The van der Waals surface area contributed by atoms with Crippen LogP contribution in [0.25, 0.3) is 11.1 Å². The highest BCUT2D eigenvalue weighted by Gasteiger charge is 2.30. The Hall–Kier alpha value is -3.81. The maximum absolute atomic E-state index is 13.0. The number of ether oxygens (including phenoxy) is 2. The van der Waals surface area contributed by atoms with E-state index >= 15 is 0 Å². The molecule has 3 aromatic rings. The summed E-state index contributed by atoms with van der Waals surface area (Å²) in [6.07, 6.45) is -3.80. The van der Waals surface area contributed by atoms with Gasteiger partial charge < -0.3 is 14.8 Å². The third-order valence-electron chi connectivity index (χ3n) is 6.35. The summed E-state index contributed by atoms with van der Waals surface area (Å²) in [6.45, 7) is 8.29. The Bertz CT molecular complexity index is 1260. The van der Waals surface area contributed by atoms with Gasteiger partial charge in [-0.2, -0.15) is 13.2 Å². The Kier molecular flexibility index (Phi) is 9.78. The predicted molar refractivity (Wildman–Crippen MR) is 145 cm³/mol. The SMILES string of the molecule is COC(=O)CCNC(=O)c1ccc(OC(CC(C)C)c2cc(C)c(-c3ccc(C(F)(F)F)cc3)c(C)c2)cc1. The van der Waals surface area contributed by atoms with E-state index in [9.17, 15) is 22.8 Å². The van der Waals surface area contributed by atoms with Gasteiger partial charge in [-0.1, -0.05) is 38.1 Å². The van der Waals surface area contributed by atoms with Crippen molar-refractivity contribution in [3.05, 3.63) is 88.5 Å². The summed E-state index contributed by atoms with van der Waals surface area (Å²) in [7, 11) is 1.30. The number of nitrogens with one attached hydrogen (secondary N) is 1. The first-order valence-electron chi connectivity index (χ1n) is 12.8. The molecule has 0 aromatic heterocycles. The quantitative estimate of drug-likeness (QED) is 0.271. The molecule has 0 saturated carbocycles. The van der Waals surface area contributed by atoms with Crippen LogP contribution >= 0.6 is 0 Å². The number of carbonyl (C=O) groups is 2. The molecule has 1 N–H and O–H groups in total. The molecule has 1 unspecified atom stereocenters. The van der Waals surface area contributed by atoms with Gasteiger partial charge in [0, 0.05) is 12.1 Å².